The third kappa shape index (κ3) is 42.9. The Labute approximate surface area is 65.2 Å². The molecule has 0 aromatic carbocycles. The molecule has 0 saturated heterocycles. The van der Waals surface area contributed by atoms with Crippen LogP contribution in [0.3, 0.4) is 0 Å². The number of rotatable bonds is 0. The highest BCUT2D eigenvalue weighted by atomic mass is 31.1. The maximum Gasteiger partial charge on any atom is 0.332 e. The zero-order valence-electron chi connectivity index (χ0n) is 7.86. The number of hydrogen-bond acceptors (Lipinski definition) is 2. The molecule has 0 aliphatic heterocycles. The molecule has 0 atom stereocenters. The van der Waals surface area contributed by atoms with Gasteiger partial charge in [0, 0.05) is 5.54 Å². The maximum absolute atomic E-state index is 9.59. The number of hydrogen-bond donors (Lipinski definition) is 1. The van der Waals surface area contributed by atoms with E-state index in [2.05, 4.69) is 26.1 Å². The highest BCUT2D eigenvalue weighted by Gasteiger charge is 2.01. The summed E-state index contributed by atoms with van der Waals surface area (Å²) in [6.45, 7) is 9.75. The van der Waals surface area contributed by atoms with Crippen LogP contribution in [0, 0.1) is 0 Å². The summed E-state index contributed by atoms with van der Waals surface area (Å²) < 4.78 is 9.59. The lowest BCUT2D eigenvalue weighted by Gasteiger charge is -2.15. The molecule has 3 heteroatoms. The summed E-state index contributed by atoms with van der Waals surface area (Å²) in [5.74, 6) is 0. The van der Waals surface area contributed by atoms with E-state index < -0.39 is 7.80 Å². The third-order valence-corrected chi connectivity index (χ3v) is 0.750. The van der Waals surface area contributed by atoms with E-state index >= 15 is 0 Å². The molecular weight excluding hydrogens is 145 g/mol. The summed E-state index contributed by atoms with van der Waals surface area (Å²) in [7, 11) is 1.09. The second-order valence-electron chi connectivity index (χ2n) is 3.31. The summed E-state index contributed by atoms with van der Waals surface area (Å²) in [6, 6.07) is 0. The zero-order chi connectivity index (χ0) is 8.78. The normalized spacial score (nSPS) is 9.80. The van der Waals surface area contributed by atoms with Gasteiger partial charge in [-0.2, -0.15) is 0 Å². The Hall–Kier alpha value is 0.0600. The molecule has 10 heavy (non-hydrogen) atoms. The molecule has 0 bridgehead atoms. The van der Waals surface area contributed by atoms with Gasteiger partial charge in [-0.3, -0.25) is 0 Å². The Morgan fingerprint density at radius 1 is 1.20 bits per heavy atom. The first-order valence-corrected chi connectivity index (χ1v) is 5.48. The fourth-order valence-electron chi connectivity index (χ4n) is 0. The van der Waals surface area contributed by atoms with Gasteiger partial charge < -0.3 is 5.32 Å². The lowest BCUT2D eigenvalue weighted by atomic mass is 10.1. The standard InChI is InChI=1S/C5H13N.C2H6OP/c1-5(2,3)6-4;1-4(2)3/h6H,1-4H3;1-2H3/q;+1. The van der Waals surface area contributed by atoms with Crippen LogP contribution in [-0.2, 0) is 4.57 Å². The molecular formula is C7H19NOP+. The maximum atomic E-state index is 9.59. The lowest BCUT2D eigenvalue weighted by Crippen LogP contribution is -2.31. The third-order valence-electron chi connectivity index (χ3n) is 0.750. The van der Waals surface area contributed by atoms with Gasteiger partial charge in [-0.1, -0.05) is 4.57 Å². The molecule has 0 aliphatic carbocycles. The van der Waals surface area contributed by atoms with E-state index in [1.165, 1.54) is 0 Å². The first kappa shape index (κ1) is 12.7. The van der Waals surface area contributed by atoms with Crippen molar-refractivity contribution in [2.45, 2.75) is 26.3 Å². The Balaban J connectivity index is 0. The molecule has 0 unspecified atom stereocenters. The predicted octanol–water partition coefficient (Wildman–Crippen LogP) is 2.08. The minimum absolute atomic E-state index is 0.292. The van der Waals surface area contributed by atoms with Gasteiger partial charge in [-0.25, -0.2) is 0 Å². The monoisotopic (exact) mass is 164 g/mol. The van der Waals surface area contributed by atoms with Gasteiger partial charge in [0.05, 0.1) is 0 Å². The van der Waals surface area contributed by atoms with Crippen LogP contribution in [0.5, 0.6) is 0 Å². The van der Waals surface area contributed by atoms with E-state index in [4.69, 9.17) is 0 Å². The molecule has 0 amide bonds. The highest BCUT2D eigenvalue weighted by Crippen LogP contribution is 2.00. The van der Waals surface area contributed by atoms with Crippen LogP contribution >= 0.6 is 7.80 Å². The van der Waals surface area contributed by atoms with Crippen molar-refractivity contribution in [3.8, 4) is 0 Å². The van der Waals surface area contributed by atoms with Crippen molar-refractivity contribution < 1.29 is 4.57 Å². The van der Waals surface area contributed by atoms with Crippen molar-refractivity contribution in [3.63, 3.8) is 0 Å². The molecule has 0 spiro atoms. The van der Waals surface area contributed by atoms with Crippen molar-refractivity contribution in [2.24, 2.45) is 0 Å². The SMILES string of the molecule is CNC(C)(C)C.C[P+](C)=O. The summed E-state index contributed by atoms with van der Waals surface area (Å²) in [5.41, 5.74) is 0.292. The molecule has 0 rings (SSSR count). The Morgan fingerprint density at radius 2 is 1.30 bits per heavy atom. The molecule has 0 saturated carbocycles. The fraction of sp³-hybridized carbons (Fsp3) is 1.00. The average Bonchev–Trinajstić information content (AvgIpc) is 1.63. The van der Waals surface area contributed by atoms with Gasteiger partial charge in [0.1, 0.15) is 13.3 Å². The van der Waals surface area contributed by atoms with Crippen LogP contribution in [0.4, 0.5) is 0 Å². The summed E-state index contributed by atoms with van der Waals surface area (Å²) >= 11 is 0. The first-order chi connectivity index (χ1) is 4.29. The Bertz CT molecular complexity index is 92.3. The lowest BCUT2D eigenvalue weighted by molar-refractivity contribution is 0.469. The van der Waals surface area contributed by atoms with Gasteiger partial charge >= 0.3 is 7.80 Å². The van der Waals surface area contributed by atoms with E-state index in [-0.39, 0.29) is 0 Å². The highest BCUT2D eigenvalue weighted by molar-refractivity contribution is 7.42. The van der Waals surface area contributed by atoms with E-state index in [1.807, 2.05) is 7.05 Å². The molecule has 0 aliphatic rings. The second-order valence-corrected chi connectivity index (χ2v) is 4.94. The predicted molar refractivity (Wildman–Crippen MR) is 48.3 cm³/mol. The van der Waals surface area contributed by atoms with Gasteiger partial charge in [0.15, 0.2) is 0 Å². The van der Waals surface area contributed by atoms with E-state index in [0.29, 0.717) is 5.54 Å². The van der Waals surface area contributed by atoms with E-state index in [1.54, 1.807) is 13.3 Å². The van der Waals surface area contributed by atoms with Gasteiger partial charge in [-0.05, 0) is 27.8 Å². The zero-order valence-corrected chi connectivity index (χ0v) is 8.75. The minimum atomic E-state index is -0.870. The second kappa shape index (κ2) is 5.82. The van der Waals surface area contributed by atoms with Crippen molar-refractivity contribution in [1.29, 1.82) is 0 Å². The van der Waals surface area contributed by atoms with Crippen LogP contribution in [0.2, 0.25) is 0 Å². The Kier molecular flexibility index (Phi) is 7.39. The van der Waals surface area contributed by atoms with Crippen molar-refractivity contribution >= 4 is 7.80 Å². The quantitative estimate of drug-likeness (QED) is 0.555. The van der Waals surface area contributed by atoms with Crippen molar-refractivity contribution in [1.82, 2.24) is 5.32 Å². The first-order valence-electron chi connectivity index (χ1n) is 3.33. The van der Waals surface area contributed by atoms with E-state index in [9.17, 15) is 4.57 Å². The topological polar surface area (TPSA) is 29.1 Å². The average molecular weight is 164 g/mol. The minimum Gasteiger partial charge on any atom is -0.315 e. The van der Waals surface area contributed by atoms with E-state index in [0.717, 1.165) is 0 Å². The summed E-state index contributed by atoms with van der Waals surface area (Å²) in [5, 5.41) is 3.10. The van der Waals surface area contributed by atoms with Crippen LogP contribution in [-0.4, -0.2) is 25.9 Å². The molecule has 0 aromatic rings. The van der Waals surface area contributed by atoms with Crippen LogP contribution in [0.15, 0.2) is 0 Å². The fourth-order valence-corrected chi connectivity index (χ4v) is 0. The van der Waals surface area contributed by atoms with Crippen LogP contribution in [0.1, 0.15) is 20.8 Å². The van der Waals surface area contributed by atoms with Crippen LogP contribution in [0.25, 0.3) is 0 Å². The van der Waals surface area contributed by atoms with Crippen LogP contribution < -0.4 is 5.32 Å². The van der Waals surface area contributed by atoms with Gasteiger partial charge in [0.2, 0.25) is 0 Å². The van der Waals surface area contributed by atoms with Crippen molar-refractivity contribution in [3.05, 3.63) is 0 Å². The summed E-state index contributed by atoms with van der Waals surface area (Å²) in [4.78, 5) is 0. The molecule has 1 N–H and O–H groups in total. The molecule has 2 nitrogen and oxygen atoms in total. The van der Waals surface area contributed by atoms with Crippen molar-refractivity contribution in [2.75, 3.05) is 20.4 Å². The Morgan fingerprint density at radius 3 is 1.30 bits per heavy atom. The number of nitrogens with one attached hydrogen (secondary N) is 1. The molecule has 0 aromatic heterocycles. The molecule has 0 radical (unpaired) electrons. The molecule has 0 heterocycles. The van der Waals surface area contributed by atoms with Gasteiger partial charge in [0.25, 0.3) is 0 Å². The smallest absolute Gasteiger partial charge is 0.315 e. The van der Waals surface area contributed by atoms with Gasteiger partial charge in [-0.15, -0.1) is 0 Å². The largest absolute Gasteiger partial charge is 0.332 e. The summed E-state index contributed by atoms with van der Waals surface area (Å²) in [6.07, 6.45) is 0. The molecule has 62 valence electrons. The molecule has 0 fully saturated rings.